The average Bonchev–Trinajstić information content (AvgIpc) is 3.45. The van der Waals surface area contributed by atoms with Crippen molar-refractivity contribution >= 4 is 27.5 Å². The first-order valence-corrected chi connectivity index (χ1v) is 11.0. The quantitative estimate of drug-likeness (QED) is 0.798. The Kier molecular flexibility index (Phi) is 5.18. The minimum atomic E-state index is -3.56. The lowest BCUT2D eigenvalue weighted by atomic mass is 10.1. The highest BCUT2D eigenvalue weighted by Crippen LogP contribution is 2.35. The second-order valence-corrected chi connectivity index (χ2v) is 9.25. The number of fused-ring (bicyclic) bond motifs is 1. The molecule has 4 rings (SSSR count). The van der Waals surface area contributed by atoms with Crippen LogP contribution in [-0.4, -0.2) is 43.7 Å². The number of amides is 2. The maximum Gasteiger partial charge on any atom is 0.243 e. The monoisotopic (exact) mass is 417 g/mol. The van der Waals surface area contributed by atoms with Gasteiger partial charge in [-0.05, 0) is 48.7 Å². The van der Waals surface area contributed by atoms with E-state index in [-0.39, 0.29) is 29.7 Å². The van der Waals surface area contributed by atoms with E-state index in [9.17, 15) is 18.0 Å². The number of carbonyl (C=O) groups excluding carboxylic acids is 2. The fraction of sp³-hybridized carbons (Fsp3) is 0.400. The van der Waals surface area contributed by atoms with E-state index >= 15 is 0 Å². The van der Waals surface area contributed by atoms with E-state index in [1.54, 1.807) is 24.3 Å². The van der Waals surface area contributed by atoms with Gasteiger partial charge < -0.3 is 9.73 Å². The molecule has 2 aliphatic rings. The molecule has 0 bridgehead atoms. The van der Waals surface area contributed by atoms with Crippen LogP contribution in [0.2, 0.25) is 0 Å². The predicted octanol–water partition coefficient (Wildman–Crippen LogP) is 1.66. The summed E-state index contributed by atoms with van der Waals surface area (Å²) in [7, 11) is -3.56. The van der Waals surface area contributed by atoms with Gasteiger partial charge in [0.1, 0.15) is 11.8 Å². The van der Waals surface area contributed by atoms with Gasteiger partial charge in [0.25, 0.3) is 0 Å². The van der Waals surface area contributed by atoms with E-state index in [1.165, 1.54) is 28.5 Å². The van der Waals surface area contributed by atoms with Gasteiger partial charge in [0.2, 0.25) is 21.8 Å². The number of nitrogens with one attached hydrogen (secondary N) is 1. The second kappa shape index (κ2) is 7.64. The fourth-order valence-electron chi connectivity index (χ4n) is 3.97. The van der Waals surface area contributed by atoms with Gasteiger partial charge in [0.05, 0.1) is 17.7 Å². The van der Waals surface area contributed by atoms with Crippen LogP contribution in [-0.2, 0) is 32.6 Å². The zero-order valence-corrected chi connectivity index (χ0v) is 16.9. The largest absolute Gasteiger partial charge is 0.467 e. The number of sulfonamides is 1. The lowest BCUT2D eigenvalue weighted by Gasteiger charge is -2.23. The molecular weight excluding hydrogens is 394 g/mol. The molecule has 2 aromatic rings. The number of rotatable bonds is 5. The minimum Gasteiger partial charge on any atom is -0.467 e. The summed E-state index contributed by atoms with van der Waals surface area (Å²) in [5.74, 6) is 0.0380. The first-order chi connectivity index (χ1) is 13.9. The summed E-state index contributed by atoms with van der Waals surface area (Å²) < 4.78 is 32.4. The molecule has 0 saturated carbocycles. The van der Waals surface area contributed by atoms with Crippen LogP contribution in [0.25, 0.3) is 0 Å². The van der Waals surface area contributed by atoms with Gasteiger partial charge in [-0.25, -0.2) is 8.42 Å². The van der Waals surface area contributed by atoms with Gasteiger partial charge in [-0.2, -0.15) is 4.31 Å². The summed E-state index contributed by atoms with van der Waals surface area (Å²) in [5.41, 5.74) is 1.26. The maximum absolute atomic E-state index is 12.9. The van der Waals surface area contributed by atoms with Crippen molar-refractivity contribution < 1.29 is 22.4 Å². The van der Waals surface area contributed by atoms with Gasteiger partial charge in [0, 0.05) is 32.1 Å². The third-order valence-electron chi connectivity index (χ3n) is 5.40. The Morgan fingerprint density at radius 3 is 2.62 bits per heavy atom. The molecule has 1 N–H and O–H groups in total. The van der Waals surface area contributed by atoms with E-state index in [2.05, 4.69) is 5.32 Å². The van der Waals surface area contributed by atoms with E-state index in [0.717, 1.165) is 12.8 Å². The molecular formula is C20H23N3O5S. The molecule has 1 saturated heterocycles. The van der Waals surface area contributed by atoms with E-state index in [1.807, 2.05) is 0 Å². The van der Waals surface area contributed by atoms with Crippen molar-refractivity contribution in [1.29, 1.82) is 0 Å². The van der Waals surface area contributed by atoms with Crippen molar-refractivity contribution in [3.8, 4) is 0 Å². The number of carbonyl (C=O) groups is 2. The zero-order chi connectivity index (χ0) is 20.6. The molecule has 29 heavy (non-hydrogen) atoms. The molecule has 0 radical (unpaired) electrons. The lowest BCUT2D eigenvalue weighted by molar-refractivity contribution is -0.125. The molecule has 2 amide bonds. The maximum atomic E-state index is 12.9. The summed E-state index contributed by atoms with van der Waals surface area (Å²) in [6.45, 7) is 2.67. The van der Waals surface area contributed by atoms with E-state index < -0.39 is 16.1 Å². The van der Waals surface area contributed by atoms with Crippen LogP contribution >= 0.6 is 0 Å². The number of anilines is 1. The Balaban J connectivity index is 1.57. The van der Waals surface area contributed by atoms with Crippen LogP contribution in [0, 0.1) is 0 Å². The Hall–Kier alpha value is -2.65. The van der Waals surface area contributed by atoms with Crippen molar-refractivity contribution in [2.75, 3.05) is 18.0 Å². The van der Waals surface area contributed by atoms with Crippen LogP contribution in [0.1, 0.15) is 31.1 Å². The van der Waals surface area contributed by atoms with Crippen molar-refractivity contribution in [1.82, 2.24) is 9.62 Å². The highest BCUT2D eigenvalue weighted by atomic mass is 32.2. The number of nitrogens with zero attached hydrogens (tertiary/aromatic N) is 2. The molecule has 9 heteroatoms. The first kappa shape index (κ1) is 19.7. The topological polar surface area (TPSA) is 99.9 Å². The molecule has 1 aromatic heterocycles. The number of furan rings is 1. The van der Waals surface area contributed by atoms with Gasteiger partial charge in [-0.1, -0.05) is 0 Å². The van der Waals surface area contributed by atoms with Gasteiger partial charge in [0.15, 0.2) is 0 Å². The highest BCUT2D eigenvalue weighted by Gasteiger charge is 2.38. The van der Waals surface area contributed by atoms with Crippen LogP contribution in [0.3, 0.4) is 0 Å². The molecule has 8 nitrogen and oxygen atoms in total. The lowest BCUT2D eigenvalue weighted by Crippen LogP contribution is -2.47. The molecule has 0 spiro atoms. The fourth-order valence-corrected chi connectivity index (χ4v) is 5.54. The van der Waals surface area contributed by atoms with Gasteiger partial charge in [-0.3, -0.25) is 14.5 Å². The summed E-state index contributed by atoms with van der Waals surface area (Å²) in [5, 5.41) is 2.78. The zero-order valence-electron chi connectivity index (χ0n) is 16.1. The summed E-state index contributed by atoms with van der Waals surface area (Å²) in [6.07, 6.45) is 3.51. The molecule has 2 aliphatic heterocycles. The Morgan fingerprint density at radius 2 is 1.97 bits per heavy atom. The van der Waals surface area contributed by atoms with E-state index in [4.69, 9.17) is 4.42 Å². The van der Waals surface area contributed by atoms with Crippen LogP contribution in [0.15, 0.2) is 45.9 Å². The standard InChI is InChI=1S/C20H23N3O5S/c1-14(24)23-18-7-6-17(29(26,27)22-8-2-3-9-22)11-15(18)12-19(23)20(25)21-13-16-5-4-10-28-16/h4-7,10-11,19H,2-3,8-9,12-13H2,1H3,(H,21,25)/t19-/m1/s1. The van der Waals surface area contributed by atoms with Crippen LogP contribution in [0.5, 0.6) is 0 Å². The van der Waals surface area contributed by atoms with Gasteiger partial charge in [-0.15, -0.1) is 0 Å². The normalized spacial score (nSPS) is 19.3. The molecule has 154 valence electrons. The third-order valence-corrected chi connectivity index (χ3v) is 7.29. The SMILES string of the molecule is CC(=O)N1c2ccc(S(=O)(=O)N3CCCC3)cc2C[C@@H]1C(=O)NCc1ccco1. The number of benzene rings is 1. The van der Waals surface area contributed by atoms with Crippen molar-refractivity contribution in [2.24, 2.45) is 0 Å². The smallest absolute Gasteiger partial charge is 0.243 e. The van der Waals surface area contributed by atoms with Crippen LogP contribution in [0.4, 0.5) is 5.69 Å². The van der Waals surface area contributed by atoms with Crippen molar-refractivity contribution in [3.05, 3.63) is 47.9 Å². The first-order valence-electron chi connectivity index (χ1n) is 9.61. The van der Waals surface area contributed by atoms with Crippen molar-refractivity contribution in [3.63, 3.8) is 0 Å². The predicted molar refractivity (Wildman–Crippen MR) is 106 cm³/mol. The molecule has 0 unspecified atom stereocenters. The molecule has 1 fully saturated rings. The molecule has 3 heterocycles. The second-order valence-electron chi connectivity index (χ2n) is 7.31. The molecule has 1 aromatic carbocycles. The number of hydrogen-bond acceptors (Lipinski definition) is 5. The number of hydrogen-bond donors (Lipinski definition) is 1. The Labute approximate surface area is 169 Å². The Morgan fingerprint density at radius 1 is 1.21 bits per heavy atom. The van der Waals surface area contributed by atoms with E-state index in [0.29, 0.717) is 30.1 Å². The molecule has 0 aliphatic carbocycles. The summed E-state index contributed by atoms with van der Waals surface area (Å²) in [4.78, 5) is 26.6. The minimum absolute atomic E-state index is 0.207. The summed E-state index contributed by atoms with van der Waals surface area (Å²) >= 11 is 0. The van der Waals surface area contributed by atoms with Crippen molar-refractivity contribution in [2.45, 2.75) is 43.7 Å². The summed E-state index contributed by atoms with van der Waals surface area (Å²) in [6, 6.07) is 7.50. The van der Waals surface area contributed by atoms with Crippen LogP contribution < -0.4 is 10.2 Å². The Bertz CT molecular complexity index is 1030. The average molecular weight is 417 g/mol. The molecule has 1 atom stereocenters. The third kappa shape index (κ3) is 3.67. The van der Waals surface area contributed by atoms with Gasteiger partial charge >= 0.3 is 0 Å². The highest BCUT2D eigenvalue weighted by molar-refractivity contribution is 7.89.